The van der Waals surface area contributed by atoms with Gasteiger partial charge in [0, 0.05) is 18.4 Å². The number of pyridine rings is 1. The molecule has 1 aliphatic carbocycles. The van der Waals surface area contributed by atoms with Crippen molar-refractivity contribution in [1.82, 2.24) is 14.8 Å². The molecule has 1 fully saturated rings. The zero-order chi connectivity index (χ0) is 26.2. The van der Waals surface area contributed by atoms with E-state index >= 15 is 0 Å². The summed E-state index contributed by atoms with van der Waals surface area (Å²) >= 11 is 0. The van der Waals surface area contributed by atoms with Gasteiger partial charge in [0.05, 0.1) is 17.5 Å². The lowest BCUT2D eigenvalue weighted by Crippen LogP contribution is -2.17. The Morgan fingerprint density at radius 3 is 2.24 bits per heavy atom. The Labute approximate surface area is 212 Å². The first kappa shape index (κ1) is 24.6. The van der Waals surface area contributed by atoms with Gasteiger partial charge in [0.2, 0.25) is 0 Å². The van der Waals surface area contributed by atoms with E-state index < -0.39 is 23.2 Å². The molecular weight excluding hydrogens is 479 g/mol. The fourth-order valence-corrected chi connectivity index (χ4v) is 4.91. The lowest BCUT2D eigenvalue weighted by Gasteiger charge is -2.21. The third kappa shape index (κ3) is 4.96. The van der Waals surface area contributed by atoms with Crippen LogP contribution >= 0.6 is 0 Å². The number of hydrogen-bond acceptors (Lipinski definition) is 4. The Kier molecular flexibility index (Phi) is 6.50. The van der Waals surface area contributed by atoms with E-state index in [-0.39, 0.29) is 5.82 Å². The van der Waals surface area contributed by atoms with Crippen molar-refractivity contribution in [1.29, 1.82) is 0 Å². The third-order valence-electron chi connectivity index (χ3n) is 6.81. The van der Waals surface area contributed by atoms with Crippen LogP contribution in [0.25, 0.3) is 28.2 Å². The quantitative estimate of drug-likeness (QED) is 0.274. The lowest BCUT2D eigenvalue weighted by atomic mass is 9.83. The van der Waals surface area contributed by atoms with Crippen molar-refractivity contribution in [3.63, 3.8) is 0 Å². The molecule has 2 aromatic carbocycles. The number of hydrogen-bond donors (Lipinski definition) is 0. The van der Waals surface area contributed by atoms with E-state index in [1.54, 1.807) is 12.1 Å². The Morgan fingerprint density at radius 1 is 0.919 bits per heavy atom. The van der Waals surface area contributed by atoms with Crippen LogP contribution in [0.3, 0.4) is 0 Å². The van der Waals surface area contributed by atoms with E-state index in [4.69, 9.17) is 0 Å². The van der Waals surface area contributed by atoms with Crippen LogP contribution in [0.15, 0.2) is 72.9 Å². The molecule has 0 spiro atoms. The molecule has 0 amide bonds. The minimum atomic E-state index is -4.78. The van der Waals surface area contributed by atoms with E-state index in [1.807, 2.05) is 36.4 Å². The molecule has 0 saturated heterocycles. The van der Waals surface area contributed by atoms with Gasteiger partial charge >= 0.3 is 6.18 Å². The van der Waals surface area contributed by atoms with Gasteiger partial charge in [-0.1, -0.05) is 54.6 Å². The molecule has 5 rings (SSSR count). The number of nitrogens with zero attached hydrogens (tertiary/aromatic N) is 3. The van der Waals surface area contributed by atoms with Crippen molar-refractivity contribution in [2.24, 2.45) is 0 Å². The van der Waals surface area contributed by atoms with Gasteiger partial charge < -0.3 is 0 Å². The van der Waals surface area contributed by atoms with Crippen molar-refractivity contribution in [3.8, 4) is 28.2 Å². The molecule has 2 aromatic heterocycles. The molecule has 0 N–H and O–H groups in total. The van der Waals surface area contributed by atoms with E-state index in [9.17, 15) is 22.8 Å². The van der Waals surface area contributed by atoms with E-state index in [1.165, 1.54) is 11.6 Å². The van der Waals surface area contributed by atoms with E-state index in [0.29, 0.717) is 34.9 Å². The Balaban J connectivity index is 1.51. The number of ketones is 2. The zero-order valence-corrected chi connectivity index (χ0v) is 20.1. The summed E-state index contributed by atoms with van der Waals surface area (Å²) in [5.74, 6) is -0.0543. The Bertz CT molecular complexity index is 1460. The van der Waals surface area contributed by atoms with Gasteiger partial charge in [-0.3, -0.25) is 9.59 Å². The number of rotatable bonds is 5. The molecule has 8 heteroatoms. The van der Waals surface area contributed by atoms with Crippen LogP contribution in [-0.4, -0.2) is 26.3 Å². The predicted molar refractivity (Wildman–Crippen MR) is 133 cm³/mol. The van der Waals surface area contributed by atoms with Gasteiger partial charge in [-0.25, -0.2) is 9.67 Å². The molecule has 0 radical (unpaired) electrons. The standard InChI is InChI=1S/C29H24F3N3O2/c1-18(36)25-17-33-35(28(25)29(30,31)32)27-8-4-7-26(34-27)24-6-3-2-5-23(24)21-11-9-19(10-12-21)20-13-15-22(37)16-14-20/h2-12,17,20H,13-16H2,1H3. The van der Waals surface area contributed by atoms with Crippen LogP contribution in [0.5, 0.6) is 0 Å². The summed E-state index contributed by atoms with van der Waals surface area (Å²) in [6.45, 7) is 1.08. The lowest BCUT2D eigenvalue weighted by molar-refractivity contribution is -0.143. The highest BCUT2D eigenvalue weighted by Gasteiger charge is 2.40. The van der Waals surface area contributed by atoms with Crippen LogP contribution in [0.1, 0.15) is 60.1 Å². The summed E-state index contributed by atoms with van der Waals surface area (Å²) in [7, 11) is 0. The molecule has 0 bridgehead atoms. The predicted octanol–water partition coefficient (Wildman–Crippen LogP) is 7.05. The van der Waals surface area contributed by atoms with Crippen molar-refractivity contribution in [2.75, 3.05) is 0 Å². The van der Waals surface area contributed by atoms with Crippen molar-refractivity contribution in [3.05, 3.63) is 89.7 Å². The van der Waals surface area contributed by atoms with Crippen LogP contribution in [0, 0.1) is 0 Å². The van der Waals surface area contributed by atoms with Crippen LogP contribution in [0.2, 0.25) is 0 Å². The number of alkyl halides is 3. The number of halogens is 3. The fourth-order valence-electron chi connectivity index (χ4n) is 4.91. The first-order valence-corrected chi connectivity index (χ1v) is 12.1. The van der Waals surface area contributed by atoms with Crippen molar-refractivity contribution in [2.45, 2.75) is 44.7 Å². The van der Waals surface area contributed by atoms with Gasteiger partial charge in [-0.15, -0.1) is 0 Å². The van der Waals surface area contributed by atoms with Crippen molar-refractivity contribution < 1.29 is 22.8 Å². The molecular formula is C29H24F3N3O2. The number of Topliss-reactive ketones (excluding diaryl/α,β-unsaturated/α-hetero) is 2. The molecule has 5 nitrogen and oxygen atoms in total. The van der Waals surface area contributed by atoms with Gasteiger partial charge in [-0.05, 0) is 54.5 Å². The Hall–Kier alpha value is -4.07. The topological polar surface area (TPSA) is 64.8 Å². The minimum Gasteiger partial charge on any atom is -0.300 e. The van der Waals surface area contributed by atoms with Gasteiger partial charge in [0.1, 0.15) is 5.78 Å². The van der Waals surface area contributed by atoms with Crippen LogP contribution in [0.4, 0.5) is 13.2 Å². The number of benzene rings is 2. The monoisotopic (exact) mass is 503 g/mol. The highest BCUT2D eigenvalue weighted by Crippen LogP contribution is 2.36. The average Bonchev–Trinajstić information content (AvgIpc) is 3.36. The fraction of sp³-hybridized carbons (Fsp3) is 0.241. The number of carbonyl (C=O) groups excluding carboxylic acids is 2. The maximum atomic E-state index is 13.8. The second kappa shape index (κ2) is 9.76. The SMILES string of the molecule is CC(=O)c1cnn(-c2cccc(-c3ccccc3-c3ccc(C4CCC(=O)CC4)cc3)n2)c1C(F)(F)F. The smallest absolute Gasteiger partial charge is 0.300 e. The van der Waals surface area contributed by atoms with Crippen molar-refractivity contribution >= 4 is 11.6 Å². The number of carbonyl (C=O) groups is 2. The summed E-state index contributed by atoms with van der Waals surface area (Å²) in [4.78, 5) is 27.9. The molecule has 2 heterocycles. The molecule has 1 aliphatic rings. The average molecular weight is 504 g/mol. The number of aromatic nitrogens is 3. The zero-order valence-electron chi connectivity index (χ0n) is 20.1. The molecule has 0 unspecified atom stereocenters. The second-order valence-corrected chi connectivity index (χ2v) is 9.23. The maximum Gasteiger partial charge on any atom is 0.434 e. The maximum absolute atomic E-state index is 13.8. The summed E-state index contributed by atoms with van der Waals surface area (Å²) in [5, 5.41) is 3.84. The van der Waals surface area contributed by atoms with E-state index in [2.05, 4.69) is 22.2 Å². The molecule has 0 atom stereocenters. The van der Waals surface area contributed by atoms with Gasteiger partial charge in [0.25, 0.3) is 0 Å². The summed E-state index contributed by atoms with van der Waals surface area (Å²) < 4.78 is 42.2. The highest BCUT2D eigenvalue weighted by atomic mass is 19.4. The van der Waals surface area contributed by atoms with E-state index in [0.717, 1.165) is 42.7 Å². The van der Waals surface area contributed by atoms with Crippen LogP contribution in [-0.2, 0) is 11.0 Å². The molecule has 4 aromatic rings. The Morgan fingerprint density at radius 2 is 1.59 bits per heavy atom. The third-order valence-corrected chi connectivity index (χ3v) is 6.81. The van der Waals surface area contributed by atoms with Crippen LogP contribution < -0.4 is 0 Å². The second-order valence-electron chi connectivity index (χ2n) is 9.23. The molecule has 1 saturated carbocycles. The largest absolute Gasteiger partial charge is 0.434 e. The summed E-state index contributed by atoms with van der Waals surface area (Å²) in [5.41, 5.74) is 2.64. The van der Waals surface area contributed by atoms with Gasteiger partial charge in [0.15, 0.2) is 17.3 Å². The summed E-state index contributed by atoms with van der Waals surface area (Å²) in [6, 6.07) is 20.6. The highest BCUT2D eigenvalue weighted by molar-refractivity contribution is 5.95. The minimum absolute atomic E-state index is 0.0330. The normalized spacial score (nSPS) is 14.6. The molecule has 0 aliphatic heterocycles. The summed E-state index contributed by atoms with van der Waals surface area (Å²) in [6.07, 6.45) is -0.874. The first-order valence-electron chi connectivity index (χ1n) is 12.1. The molecule has 37 heavy (non-hydrogen) atoms. The van der Waals surface area contributed by atoms with Gasteiger partial charge in [-0.2, -0.15) is 18.3 Å². The first-order chi connectivity index (χ1) is 17.7. The molecule has 188 valence electrons.